The highest BCUT2D eigenvalue weighted by Gasteiger charge is 2.24. The minimum Gasteiger partial charge on any atom is -0.291 e. The minimum absolute atomic E-state index is 0.186. The van der Waals surface area contributed by atoms with Crippen molar-refractivity contribution in [3.05, 3.63) is 70.7 Å². The molecule has 12 nitrogen and oxygen atoms in total. The Hall–Kier alpha value is -4.48. The Balaban J connectivity index is 1.54. The van der Waals surface area contributed by atoms with Crippen LogP contribution in [0.3, 0.4) is 0 Å². The van der Waals surface area contributed by atoms with Gasteiger partial charge in [-0.3, -0.25) is 9.55 Å². The van der Waals surface area contributed by atoms with Crippen LogP contribution in [0.5, 0.6) is 0 Å². The van der Waals surface area contributed by atoms with E-state index < -0.39 is 0 Å². The highest BCUT2D eigenvalue weighted by molar-refractivity contribution is 5.69. The van der Waals surface area contributed by atoms with Gasteiger partial charge in [-0.05, 0) is 77.2 Å². The van der Waals surface area contributed by atoms with Crippen molar-refractivity contribution in [2.45, 2.75) is 59.0 Å². The van der Waals surface area contributed by atoms with Gasteiger partial charge in [-0.15, -0.1) is 5.10 Å². The fourth-order valence-electron chi connectivity index (χ4n) is 4.26. The van der Waals surface area contributed by atoms with Gasteiger partial charge in [0.25, 0.3) is 5.95 Å². The van der Waals surface area contributed by atoms with Crippen LogP contribution in [0.15, 0.2) is 53.7 Å². The molecule has 0 aliphatic rings. The van der Waals surface area contributed by atoms with E-state index in [1.54, 1.807) is 20.0 Å². The van der Waals surface area contributed by atoms with Crippen LogP contribution in [0.1, 0.15) is 51.8 Å². The lowest BCUT2D eigenvalue weighted by molar-refractivity contribution is 0.342. The number of imidazole rings is 1. The van der Waals surface area contributed by atoms with Gasteiger partial charge in [0.1, 0.15) is 0 Å². The number of hydrogen-bond acceptors (Lipinski definition) is 8. The fraction of sp³-hybridized carbons (Fsp3) is 0.360. The molecule has 1 aromatic carbocycles. The Bertz CT molecular complexity index is 1540. The van der Waals surface area contributed by atoms with Crippen LogP contribution in [0.25, 0.3) is 28.5 Å². The fourth-order valence-corrected chi connectivity index (χ4v) is 4.26. The van der Waals surface area contributed by atoms with E-state index in [0.717, 1.165) is 47.2 Å². The summed E-state index contributed by atoms with van der Waals surface area (Å²) in [5.41, 5.74) is 4.19. The topological polar surface area (TPSA) is 138 Å². The van der Waals surface area contributed by atoms with Gasteiger partial charge in [-0.25, -0.2) is 19.1 Å². The van der Waals surface area contributed by atoms with Crippen molar-refractivity contribution in [2.75, 3.05) is 0 Å². The molecular formula is C25H29N11O. The zero-order valence-electron chi connectivity index (χ0n) is 21.3. The maximum absolute atomic E-state index is 13.7. The summed E-state index contributed by atoms with van der Waals surface area (Å²) < 4.78 is 5.02. The number of aromatic nitrogens is 11. The summed E-state index contributed by atoms with van der Waals surface area (Å²) in [5.74, 6) is 1.01. The quantitative estimate of drug-likeness (QED) is 0.344. The zero-order chi connectivity index (χ0) is 26.0. The van der Waals surface area contributed by atoms with Gasteiger partial charge >= 0.3 is 5.69 Å². The average molecular weight is 500 g/mol. The zero-order valence-corrected chi connectivity index (χ0v) is 21.3. The number of pyridine rings is 1. The molecule has 0 aliphatic heterocycles. The molecule has 5 aromatic rings. The van der Waals surface area contributed by atoms with Crippen molar-refractivity contribution in [1.82, 2.24) is 54.9 Å². The van der Waals surface area contributed by atoms with Gasteiger partial charge < -0.3 is 0 Å². The molecule has 0 unspecified atom stereocenters. The Kier molecular flexibility index (Phi) is 6.47. The van der Waals surface area contributed by atoms with E-state index >= 15 is 0 Å². The number of aryl methyl sites for hydroxylation is 1. The standard InChI is InChI=1S/C25H29N11O/c1-5-6-7-20-16-35(23-29-32-33-36(23)25(2,3)4)24(37)34(20)15-19-14-26-13-12-21(19)17-8-10-18(11-9-17)22-27-30-31-28-22/h8-14,16H,5-7,15H2,1-4H3,(H,27,28,30,31). The van der Waals surface area contributed by atoms with Crippen LogP contribution in [0.2, 0.25) is 0 Å². The first-order valence-corrected chi connectivity index (χ1v) is 12.2. The highest BCUT2D eigenvalue weighted by atomic mass is 16.2. The Morgan fingerprint density at radius 2 is 1.78 bits per heavy atom. The molecule has 0 radical (unpaired) electrons. The van der Waals surface area contributed by atoms with E-state index in [1.807, 2.05) is 63.5 Å². The first-order valence-electron chi connectivity index (χ1n) is 12.2. The Morgan fingerprint density at radius 1 is 1.00 bits per heavy atom. The normalized spacial score (nSPS) is 11.8. The summed E-state index contributed by atoms with van der Waals surface area (Å²) in [4.78, 5) is 18.1. The number of unbranched alkanes of at least 4 members (excludes halogenated alkanes) is 1. The molecule has 1 N–H and O–H groups in total. The molecule has 0 fully saturated rings. The lowest BCUT2D eigenvalue weighted by Gasteiger charge is -2.19. The first kappa shape index (κ1) is 24.2. The van der Waals surface area contributed by atoms with E-state index in [1.165, 1.54) is 0 Å². The molecule has 4 aromatic heterocycles. The summed E-state index contributed by atoms with van der Waals surface area (Å²) in [6.45, 7) is 8.51. The molecule has 0 saturated carbocycles. The number of tetrazole rings is 2. The third kappa shape index (κ3) is 4.82. The number of aromatic amines is 1. The number of H-pyrrole nitrogens is 1. The van der Waals surface area contributed by atoms with Gasteiger partial charge in [0.2, 0.25) is 0 Å². The van der Waals surface area contributed by atoms with Crippen LogP contribution in [-0.4, -0.2) is 54.9 Å². The second-order valence-corrected chi connectivity index (χ2v) is 9.88. The SMILES string of the molecule is CCCCc1cn(-c2nnnn2C(C)(C)C)c(=O)n1Cc1cnccc1-c1ccc(-c2nnn[nH]2)cc1. The summed E-state index contributed by atoms with van der Waals surface area (Å²) in [6.07, 6.45) is 8.19. The third-order valence-corrected chi connectivity index (χ3v) is 6.20. The lowest BCUT2D eigenvalue weighted by Crippen LogP contribution is -2.31. The summed E-state index contributed by atoms with van der Waals surface area (Å²) in [5, 5.41) is 26.2. The van der Waals surface area contributed by atoms with Gasteiger partial charge in [0, 0.05) is 29.8 Å². The van der Waals surface area contributed by atoms with Gasteiger partial charge in [-0.1, -0.05) is 42.7 Å². The monoisotopic (exact) mass is 499 g/mol. The number of rotatable bonds is 8. The van der Waals surface area contributed by atoms with Crippen molar-refractivity contribution >= 4 is 0 Å². The van der Waals surface area contributed by atoms with Crippen LogP contribution in [0.4, 0.5) is 0 Å². The van der Waals surface area contributed by atoms with Crippen LogP contribution < -0.4 is 5.69 Å². The van der Waals surface area contributed by atoms with E-state index in [-0.39, 0.29) is 11.2 Å². The molecule has 37 heavy (non-hydrogen) atoms. The molecular weight excluding hydrogens is 470 g/mol. The first-order chi connectivity index (χ1) is 17.9. The second kappa shape index (κ2) is 9.88. The van der Waals surface area contributed by atoms with E-state index in [4.69, 9.17) is 0 Å². The van der Waals surface area contributed by atoms with Crippen molar-refractivity contribution in [1.29, 1.82) is 0 Å². The molecule has 0 saturated heterocycles. The number of hydrogen-bond donors (Lipinski definition) is 1. The predicted octanol–water partition coefficient (Wildman–Crippen LogP) is 3.01. The molecule has 0 spiro atoms. The molecule has 5 rings (SSSR count). The molecule has 190 valence electrons. The molecule has 0 bridgehead atoms. The Morgan fingerprint density at radius 3 is 2.49 bits per heavy atom. The summed E-state index contributed by atoms with van der Waals surface area (Å²) >= 11 is 0. The van der Waals surface area contributed by atoms with Crippen LogP contribution >= 0.6 is 0 Å². The largest absolute Gasteiger partial charge is 0.335 e. The average Bonchev–Trinajstić information content (AvgIpc) is 3.65. The Labute approximate surface area is 213 Å². The second-order valence-electron chi connectivity index (χ2n) is 9.88. The molecule has 4 heterocycles. The highest BCUT2D eigenvalue weighted by Crippen LogP contribution is 2.26. The molecule has 0 amide bonds. The van der Waals surface area contributed by atoms with Crippen LogP contribution in [-0.2, 0) is 18.5 Å². The maximum atomic E-state index is 13.7. The molecule has 12 heteroatoms. The van der Waals surface area contributed by atoms with Gasteiger partial charge in [-0.2, -0.15) is 0 Å². The summed E-state index contributed by atoms with van der Waals surface area (Å²) in [6, 6.07) is 9.92. The number of benzene rings is 1. The van der Waals surface area contributed by atoms with Crippen LogP contribution in [0, 0.1) is 0 Å². The molecule has 0 aliphatic carbocycles. The van der Waals surface area contributed by atoms with Gasteiger partial charge in [0.15, 0.2) is 5.82 Å². The minimum atomic E-state index is -0.381. The number of nitrogens with zero attached hydrogens (tertiary/aromatic N) is 10. The van der Waals surface area contributed by atoms with E-state index in [0.29, 0.717) is 18.3 Å². The van der Waals surface area contributed by atoms with Crippen molar-refractivity contribution in [3.63, 3.8) is 0 Å². The lowest BCUT2D eigenvalue weighted by atomic mass is 10.00. The predicted molar refractivity (Wildman–Crippen MR) is 137 cm³/mol. The van der Waals surface area contributed by atoms with Crippen molar-refractivity contribution < 1.29 is 0 Å². The van der Waals surface area contributed by atoms with E-state index in [2.05, 4.69) is 48.1 Å². The van der Waals surface area contributed by atoms with E-state index in [9.17, 15) is 4.79 Å². The van der Waals surface area contributed by atoms with Crippen molar-refractivity contribution in [3.8, 4) is 28.5 Å². The molecule has 0 atom stereocenters. The third-order valence-electron chi connectivity index (χ3n) is 6.20. The van der Waals surface area contributed by atoms with Gasteiger partial charge in [0.05, 0.1) is 12.1 Å². The smallest absolute Gasteiger partial charge is 0.291 e. The maximum Gasteiger partial charge on any atom is 0.335 e. The van der Waals surface area contributed by atoms with Crippen molar-refractivity contribution in [2.24, 2.45) is 0 Å². The number of nitrogens with one attached hydrogen (secondary N) is 1. The summed E-state index contributed by atoms with van der Waals surface area (Å²) in [7, 11) is 0.